The Morgan fingerprint density at radius 3 is 2.50 bits per heavy atom. The van der Waals surface area contributed by atoms with Crippen molar-refractivity contribution < 1.29 is 14.7 Å². The van der Waals surface area contributed by atoms with Crippen molar-refractivity contribution in [1.82, 2.24) is 0 Å². The number of carbonyl (C=O) groups is 2. The maximum absolute atomic E-state index is 12.6. The lowest BCUT2D eigenvalue weighted by Gasteiger charge is -2.27. The maximum Gasteiger partial charge on any atom is 0.237 e. The molecule has 2 rings (SSSR count). The van der Waals surface area contributed by atoms with Crippen molar-refractivity contribution in [2.24, 2.45) is 11.8 Å². The molecule has 1 aromatic carbocycles. The van der Waals surface area contributed by atoms with Crippen LogP contribution in [0.5, 0.6) is 5.75 Å². The fourth-order valence-corrected chi connectivity index (χ4v) is 2.59. The number of carbonyl (C=O) groups excluding carboxylic acids is 2. The number of phenols is 1. The molecule has 4 heteroatoms. The van der Waals surface area contributed by atoms with Crippen LogP contribution in [-0.4, -0.2) is 23.3 Å². The van der Waals surface area contributed by atoms with Gasteiger partial charge in [0.05, 0.1) is 5.92 Å². The lowest BCUT2D eigenvalue weighted by molar-refractivity contribution is -0.130. The standard InChI is InChI=1S/C16H21NO3/c1-11(2)10-17(12-6-8-13(18)9-7-12)16(20)14-4-3-5-15(14)19/h6-9,11,14,18H,3-5,10H2,1-2H3. The summed E-state index contributed by atoms with van der Waals surface area (Å²) in [7, 11) is 0. The van der Waals surface area contributed by atoms with Gasteiger partial charge in [0.15, 0.2) is 0 Å². The zero-order valence-electron chi connectivity index (χ0n) is 12.0. The first-order valence-corrected chi connectivity index (χ1v) is 7.12. The van der Waals surface area contributed by atoms with E-state index in [1.165, 1.54) is 0 Å². The van der Waals surface area contributed by atoms with E-state index in [9.17, 15) is 14.7 Å². The third-order valence-electron chi connectivity index (χ3n) is 3.58. The van der Waals surface area contributed by atoms with Crippen molar-refractivity contribution in [3.63, 3.8) is 0 Å². The molecule has 0 spiro atoms. The zero-order chi connectivity index (χ0) is 14.7. The van der Waals surface area contributed by atoms with Crippen LogP contribution in [0.3, 0.4) is 0 Å². The minimum Gasteiger partial charge on any atom is -0.508 e. The van der Waals surface area contributed by atoms with Crippen LogP contribution in [0.1, 0.15) is 33.1 Å². The average molecular weight is 275 g/mol. The molecule has 1 saturated carbocycles. The Morgan fingerprint density at radius 1 is 1.35 bits per heavy atom. The number of benzene rings is 1. The Balaban J connectivity index is 2.24. The highest BCUT2D eigenvalue weighted by Gasteiger charge is 2.34. The molecule has 1 aliphatic carbocycles. The lowest BCUT2D eigenvalue weighted by Crippen LogP contribution is -2.40. The smallest absolute Gasteiger partial charge is 0.237 e. The van der Waals surface area contributed by atoms with Gasteiger partial charge >= 0.3 is 0 Å². The number of anilines is 1. The molecule has 0 heterocycles. The third-order valence-corrected chi connectivity index (χ3v) is 3.58. The second-order valence-electron chi connectivity index (χ2n) is 5.77. The summed E-state index contributed by atoms with van der Waals surface area (Å²) in [6, 6.07) is 6.56. The van der Waals surface area contributed by atoms with E-state index in [0.717, 1.165) is 12.1 Å². The summed E-state index contributed by atoms with van der Waals surface area (Å²) in [6.07, 6.45) is 1.98. The summed E-state index contributed by atoms with van der Waals surface area (Å²) in [4.78, 5) is 26.1. The van der Waals surface area contributed by atoms with Gasteiger partial charge in [-0.1, -0.05) is 13.8 Å². The van der Waals surface area contributed by atoms with Crippen molar-refractivity contribution in [2.45, 2.75) is 33.1 Å². The van der Waals surface area contributed by atoms with Gasteiger partial charge in [-0.25, -0.2) is 0 Å². The Morgan fingerprint density at radius 2 is 2.00 bits per heavy atom. The van der Waals surface area contributed by atoms with E-state index < -0.39 is 5.92 Å². The van der Waals surface area contributed by atoms with Crippen LogP contribution in [0.15, 0.2) is 24.3 Å². The first kappa shape index (κ1) is 14.6. The Labute approximate surface area is 119 Å². The number of ketones is 1. The number of hydrogen-bond acceptors (Lipinski definition) is 3. The molecule has 1 atom stereocenters. The summed E-state index contributed by atoms with van der Waals surface area (Å²) < 4.78 is 0. The molecule has 1 fully saturated rings. The summed E-state index contributed by atoms with van der Waals surface area (Å²) in [5.41, 5.74) is 0.737. The molecule has 0 saturated heterocycles. The molecule has 1 unspecified atom stereocenters. The SMILES string of the molecule is CC(C)CN(C(=O)C1CCCC1=O)c1ccc(O)cc1. The highest BCUT2D eigenvalue weighted by molar-refractivity contribution is 6.09. The predicted molar refractivity (Wildman–Crippen MR) is 77.6 cm³/mol. The normalized spacial score (nSPS) is 18.6. The summed E-state index contributed by atoms with van der Waals surface area (Å²) in [6.45, 7) is 4.65. The van der Waals surface area contributed by atoms with Gasteiger partial charge in [0.25, 0.3) is 0 Å². The minimum atomic E-state index is -0.484. The third kappa shape index (κ3) is 3.18. The number of rotatable bonds is 4. The van der Waals surface area contributed by atoms with Crippen LogP contribution in [0.4, 0.5) is 5.69 Å². The van der Waals surface area contributed by atoms with Crippen LogP contribution >= 0.6 is 0 Å². The van der Waals surface area contributed by atoms with Crippen molar-refractivity contribution in [3.8, 4) is 5.75 Å². The fourth-order valence-electron chi connectivity index (χ4n) is 2.59. The van der Waals surface area contributed by atoms with Gasteiger partial charge < -0.3 is 10.0 Å². The van der Waals surface area contributed by atoms with E-state index >= 15 is 0 Å². The highest BCUT2D eigenvalue weighted by atomic mass is 16.3. The molecule has 1 amide bonds. The second kappa shape index (κ2) is 6.07. The van der Waals surface area contributed by atoms with Gasteiger partial charge in [-0.2, -0.15) is 0 Å². The van der Waals surface area contributed by atoms with Crippen LogP contribution in [-0.2, 0) is 9.59 Å². The van der Waals surface area contributed by atoms with Gasteiger partial charge in [-0.3, -0.25) is 9.59 Å². The van der Waals surface area contributed by atoms with E-state index in [2.05, 4.69) is 0 Å². The lowest BCUT2D eigenvalue weighted by atomic mass is 10.0. The molecule has 0 aliphatic heterocycles. The zero-order valence-corrected chi connectivity index (χ0v) is 12.0. The number of phenolic OH excluding ortho intramolecular Hbond substituents is 1. The topological polar surface area (TPSA) is 57.6 Å². The van der Waals surface area contributed by atoms with Gasteiger partial charge in [0, 0.05) is 18.7 Å². The van der Waals surface area contributed by atoms with E-state index in [1.807, 2.05) is 13.8 Å². The summed E-state index contributed by atoms with van der Waals surface area (Å²) in [5.74, 6) is -0.0520. The highest BCUT2D eigenvalue weighted by Crippen LogP contribution is 2.27. The number of amides is 1. The number of nitrogens with zero attached hydrogens (tertiary/aromatic N) is 1. The van der Waals surface area contributed by atoms with Gasteiger partial charge in [0.2, 0.25) is 5.91 Å². The molecule has 0 bridgehead atoms. The second-order valence-corrected chi connectivity index (χ2v) is 5.77. The van der Waals surface area contributed by atoms with Crippen molar-refractivity contribution >= 4 is 17.4 Å². The minimum absolute atomic E-state index is 0.0579. The predicted octanol–water partition coefficient (Wildman–Crippen LogP) is 2.75. The van der Waals surface area contributed by atoms with Crippen LogP contribution < -0.4 is 4.90 Å². The Kier molecular flexibility index (Phi) is 4.42. The number of hydrogen-bond donors (Lipinski definition) is 1. The molecule has 0 aromatic heterocycles. The van der Waals surface area contributed by atoms with Crippen LogP contribution in [0, 0.1) is 11.8 Å². The Hall–Kier alpha value is -1.84. The Bertz CT molecular complexity index is 493. The monoisotopic (exact) mass is 275 g/mol. The molecule has 4 nitrogen and oxygen atoms in total. The van der Waals surface area contributed by atoms with Crippen molar-refractivity contribution in [3.05, 3.63) is 24.3 Å². The molecular formula is C16H21NO3. The van der Waals surface area contributed by atoms with Crippen LogP contribution in [0.2, 0.25) is 0 Å². The van der Waals surface area contributed by atoms with E-state index in [4.69, 9.17) is 0 Å². The summed E-state index contributed by atoms with van der Waals surface area (Å²) >= 11 is 0. The fraction of sp³-hybridized carbons (Fsp3) is 0.500. The van der Waals surface area contributed by atoms with E-state index in [0.29, 0.717) is 25.3 Å². The average Bonchev–Trinajstić information content (AvgIpc) is 2.82. The van der Waals surface area contributed by atoms with Gasteiger partial charge in [0.1, 0.15) is 11.5 Å². The van der Waals surface area contributed by atoms with Gasteiger partial charge in [-0.15, -0.1) is 0 Å². The molecule has 1 N–H and O–H groups in total. The molecule has 0 radical (unpaired) electrons. The van der Waals surface area contributed by atoms with E-state index in [-0.39, 0.29) is 17.4 Å². The molecular weight excluding hydrogens is 254 g/mol. The summed E-state index contributed by atoms with van der Waals surface area (Å²) in [5, 5.41) is 9.35. The quantitative estimate of drug-likeness (QED) is 0.860. The van der Waals surface area contributed by atoms with E-state index in [1.54, 1.807) is 29.2 Å². The molecule has 1 aliphatic rings. The largest absolute Gasteiger partial charge is 0.508 e. The molecule has 1 aromatic rings. The number of aromatic hydroxyl groups is 1. The first-order chi connectivity index (χ1) is 9.49. The molecule has 108 valence electrons. The van der Waals surface area contributed by atoms with Crippen molar-refractivity contribution in [1.29, 1.82) is 0 Å². The molecule has 20 heavy (non-hydrogen) atoms. The maximum atomic E-state index is 12.6. The first-order valence-electron chi connectivity index (χ1n) is 7.12. The van der Waals surface area contributed by atoms with Crippen LogP contribution in [0.25, 0.3) is 0 Å². The number of Topliss-reactive ketones (excluding diaryl/α,β-unsaturated/α-hetero) is 1. The van der Waals surface area contributed by atoms with Crippen molar-refractivity contribution in [2.75, 3.05) is 11.4 Å². The van der Waals surface area contributed by atoms with Gasteiger partial charge in [-0.05, 0) is 43.0 Å².